The molecule has 4 nitrogen and oxygen atoms in total. The normalized spacial score (nSPS) is 12.3. The van der Waals surface area contributed by atoms with Gasteiger partial charge in [-0.15, -0.1) is 0 Å². The van der Waals surface area contributed by atoms with Crippen molar-refractivity contribution in [1.82, 2.24) is 0 Å². The van der Waals surface area contributed by atoms with E-state index in [-0.39, 0.29) is 5.69 Å². The number of rotatable bonds is 7. The van der Waals surface area contributed by atoms with Gasteiger partial charge in [-0.05, 0) is 42.5 Å². The molecule has 0 fully saturated rings. The highest BCUT2D eigenvalue weighted by Gasteiger charge is 2.31. The summed E-state index contributed by atoms with van der Waals surface area (Å²) in [5.41, 5.74) is 1.05. The lowest BCUT2D eigenvalue weighted by atomic mass is 10.1. The lowest BCUT2D eigenvalue weighted by Gasteiger charge is -2.17. The molecule has 0 saturated carbocycles. The second kappa shape index (κ2) is 9.45. The van der Waals surface area contributed by atoms with E-state index in [1.54, 1.807) is 7.11 Å². The molecular weight excluding hydrogens is 393 g/mol. The molecule has 0 aliphatic rings. The molecule has 1 atom stereocenters. The van der Waals surface area contributed by atoms with Crippen molar-refractivity contribution in [3.05, 3.63) is 95.6 Å². The zero-order chi connectivity index (χ0) is 21.6. The Morgan fingerprint density at radius 3 is 2.33 bits per heavy atom. The molecule has 1 amide bonds. The number of anilines is 1. The highest BCUT2D eigenvalue weighted by molar-refractivity contribution is 5.94. The predicted octanol–water partition coefficient (Wildman–Crippen LogP) is 4.16. The third-order valence-corrected chi connectivity index (χ3v) is 4.65. The zero-order valence-electron chi connectivity index (χ0n) is 16.3. The number of nitrogens with two attached hydrogens (primary N) is 1. The van der Waals surface area contributed by atoms with Crippen molar-refractivity contribution >= 4 is 11.6 Å². The van der Waals surface area contributed by atoms with E-state index >= 15 is 0 Å². The molecule has 0 spiro atoms. The number of benzene rings is 3. The maximum atomic E-state index is 13.0. The summed E-state index contributed by atoms with van der Waals surface area (Å²) in [5.74, 6) is 0.342. The summed E-state index contributed by atoms with van der Waals surface area (Å²) in [7, 11) is 1.59. The van der Waals surface area contributed by atoms with Crippen molar-refractivity contribution in [2.75, 3.05) is 12.4 Å². The van der Waals surface area contributed by atoms with Crippen LogP contribution >= 0.6 is 0 Å². The summed E-state index contributed by atoms with van der Waals surface area (Å²) < 4.78 is 44.0. The van der Waals surface area contributed by atoms with Gasteiger partial charge in [0.25, 0.3) is 5.91 Å². The molecule has 3 rings (SSSR count). The van der Waals surface area contributed by atoms with Gasteiger partial charge in [-0.3, -0.25) is 4.79 Å². The smallest absolute Gasteiger partial charge is 0.416 e. The Morgan fingerprint density at radius 2 is 1.70 bits per heavy atom. The molecule has 0 unspecified atom stereocenters. The van der Waals surface area contributed by atoms with E-state index < -0.39 is 23.7 Å². The van der Waals surface area contributed by atoms with Crippen LogP contribution in [-0.4, -0.2) is 13.0 Å². The van der Waals surface area contributed by atoms with E-state index in [9.17, 15) is 18.0 Å². The molecule has 7 heteroatoms. The topological polar surface area (TPSA) is 54.9 Å². The van der Waals surface area contributed by atoms with Gasteiger partial charge in [-0.1, -0.05) is 36.4 Å². The van der Waals surface area contributed by atoms with Crippen LogP contribution in [0, 0.1) is 0 Å². The molecule has 0 radical (unpaired) electrons. The molecule has 0 bridgehead atoms. The highest BCUT2D eigenvalue weighted by Crippen LogP contribution is 2.30. The third kappa shape index (κ3) is 5.61. The van der Waals surface area contributed by atoms with Crippen LogP contribution in [0.4, 0.5) is 18.9 Å². The number of halogens is 3. The second-order valence-electron chi connectivity index (χ2n) is 6.74. The van der Waals surface area contributed by atoms with Crippen LogP contribution in [0.15, 0.2) is 78.9 Å². The number of hydrogen-bond donors (Lipinski definition) is 2. The molecule has 3 aromatic carbocycles. The zero-order valence-corrected chi connectivity index (χ0v) is 16.3. The van der Waals surface area contributed by atoms with Crippen LogP contribution in [0.2, 0.25) is 0 Å². The van der Waals surface area contributed by atoms with Crippen LogP contribution in [-0.2, 0) is 17.5 Å². The standard InChI is InChI=1S/C23H21F3N2O2/c1-30-20-12-10-16(11-13-20)15-27-21(17-6-3-2-4-7-17)22(29)28-19-9-5-8-18(14-19)23(24,25)26/h2-14,21,27H,15H2,1H3,(H,28,29)/p+1/t21-/m0/s1. The molecule has 0 aliphatic carbocycles. The molecule has 0 aliphatic heterocycles. The first-order valence-electron chi connectivity index (χ1n) is 9.36. The van der Waals surface area contributed by atoms with Crippen LogP contribution < -0.4 is 15.4 Å². The fraction of sp³-hybridized carbons (Fsp3) is 0.174. The SMILES string of the molecule is COc1ccc(C[NH2+][C@H](C(=O)Nc2cccc(C(F)(F)F)c2)c2ccccc2)cc1. The first-order valence-corrected chi connectivity index (χ1v) is 9.36. The first-order chi connectivity index (χ1) is 14.4. The van der Waals surface area contributed by atoms with Crippen LogP contribution in [0.3, 0.4) is 0 Å². The number of methoxy groups -OCH3 is 1. The second-order valence-corrected chi connectivity index (χ2v) is 6.74. The van der Waals surface area contributed by atoms with Crippen LogP contribution in [0.5, 0.6) is 5.75 Å². The van der Waals surface area contributed by atoms with Crippen molar-refractivity contribution in [1.29, 1.82) is 0 Å². The van der Waals surface area contributed by atoms with Crippen molar-refractivity contribution < 1.29 is 28.0 Å². The van der Waals surface area contributed by atoms with E-state index in [1.807, 2.05) is 59.9 Å². The fourth-order valence-corrected chi connectivity index (χ4v) is 3.06. The molecule has 0 aromatic heterocycles. The van der Waals surface area contributed by atoms with Gasteiger partial charge in [0.15, 0.2) is 6.04 Å². The average molecular weight is 415 g/mol. The summed E-state index contributed by atoms with van der Waals surface area (Å²) in [5, 5.41) is 4.46. The van der Waals surface area contributed by atoms with E-state index in [4.69, 9.17) is 4.74 Å². The number of alkyl halides is 3. The van der Waals surface area contributed by atoms with E-state index in [0.717, 1.165) is 29.0 Å². The number of amides is 1. The van der Waals surface area contributed by atoms with Gasteiger partial charge in [-0.25, -0.2) is 0 Å². The monoisotopic (exact) mass is 415 g/mol. The summed E-state index contributed by atoms with van der Waals surface area (Å²) in [6.07, 6.45) is -4.47. The Labute approximate surface area is 172 Å². The minimum atomic E-state index is -4.47. The first kappa shape index (κ1) is 21.4. The van der Waals surface area contributed by atoms with Crippen molar-refractivity contribution in [3.63, 3.8) is 0 Å². The van der Waals surface area contributed by atoms with E-state index in [0.29, 0.717) is 6.54 Å². The molecule has 0 saturated heterocycles. The predicted molar refractivity (Wildman–Crippen MR) is 108 cm³/mol. The van der Waals surface area contributed by atoms with E-state index in [1.165, 1.54) is 12.1 Å². The van der Waals surface area contributed by atoms with Gasteiger partial charge in [-0.2, -0.15) is 13.2 Å². The number of carbonyl (C=O) groups excluding carboxylic acids is 1. The molecule has 30 heavy (non-hydrogen) atoms. The number of ether oxygens (including phenoxy) is 1. The summed E-state index contributed by atoms with van der Waals surface area (Å²) in [4.78, 5) is 13.0. The average Bonchev–Trinajstić information content (AvgIpc) is 2.75. The van der Waals surface area contributed by atoms with Gasteiger partial charge in [0.05, 0.1) is 12.7 Å². The largest absolute Gasteiger partial charge is 0.497 e. The van der Waals surface area contributed by atoms with Gasteiger partial charge < -0.3 is 15.4 Å². The molecule has 3 aromatic rings. The maximum absolute atomic E-state index is 13.0. The van der Waals surface area contributed by atoms with Gasteiger partial charge in [0.2, 0.25) is 0 Å². The number of hydrogen-bond acceptors (Lipinski definition) is 2. The van der Waals surface area contributed by atoms with Gasteiger partial charge >= 0.3 is 6.18 Å². The van der Waals surface area contributed by atoms with E-state index in [2.05, 4.69) is 5.32 Å². The fourth-order valence-electron chi connectivity index (χ4n) is 3.06. The Kier molecular flexibility index (Phi) is 6.74. The summed E-state index contributed by atoms with van der Waals surface area (Å²) in [6, 6.07) is 20.6. The molecule has 3 N–H and O–H groups in total. The van der Waals surface area contributed by atoms with Crippen LogP contribution in [0.25, 0.3) is 0 Å². The molecule has 0 heterocycles. The lowest BCUT2D eigenvalue weighted by molar-refractivity contribution is -0.697. The third-order valence-electron chi connectivity index (χ3n) is 4.65. The van der Waals surface area contributed by atoms with Crippen molar-refractivity contribution in [2.45, 2.75) is 18.8 Å². The maximum Gasteiger partial charge on any atom is 0.416 e. The minimum absolute atomic E-state index is 0.105. The Morgan fingerprint density at radius 1 is 1.00 bits per heavy atom. The lowest BCUT2D eigenvalue weighted by Crippen LogP contribution is -2.85. The summed E-state index contributed by atoms with van der Waals surface area (Å²) in [6.45, 7) is 0.513. The number of nitrogens with one attached hydrogen (secondary N) is 1. The Bertz CT molecular complexity index is 974. The number of carbonyl (C=O) groups is 1. The minimum Gasteiger partial charge on any atom is -0.497 e. The van der Waals surface area contributed by atoms with Gasteiger partial charge in [0.1, 0.15) is 12.3 Å². The van der Waals surface area contributed by atoms with Crippen molar-refractivity contribution in [2.24, 2.45) is 0 Å². The molecule has 156 valence electrons. The quantitative estimate of drug-likeness (QED) is 0.609. The van der Waals surface area contributed by atoms with Crippen molar-refractivity contribution in [3.8, 4) is 5.75 Å². The van der Waals surface area contributed by atoms with Crippen LogP contribution in [0.1, 0.15) is 22.7 Å². The molecular formula is C23H22F3N2O2+. The highest BCUT2D eigenvalue weighted by atomic mass is 19.4. The number of quaternary nitrogens is 1. The van der Waals surface area contributed by atoms with Gasteiger partial charge in [0, 0.05) is 16.8 Å². The Hall–Kier alpha value is -3.32. The summed E-state index contributed by atoms with van der Waals surface area (Å²) >= 11 is 0. The Balaban J connectivity index is 1.77.